The summed E-state index contributed by atoms with van der Waals surface area (Å²) in [4.78, 5) is 13.2. The van der Waals surface area contributed by atoms with Crippen molar-refractivity contribution in [1.29, 1.82) is 0 Å². The van der Waals surface area contributed by atoms with Crippen molar-refractivity contribution in [2.24, 2.45) is 0 Å². The molecule has 0 amide bonds. The minimum atomic E-state index is 0. The van der Waals surface area contributed by atoms with Crippen molar-refractivity contribution in [1.82, 2.24) is 15.0 Å². The first-order valence-corrected chi connectivity index (χ1v) is 6.40. The summed E-state index contributed by atoms with van der Waals surface area (Å²) in [5.74, 6) is 0.621. The standard InChI is InChI=1S/C17H13N3.Rb.Re/c1-12-10-15(14-6-4-3-5-7-14)20-16(11-12)17-18-9-8-13(2)19-17;;/h3-7,9,11H,1-2H3;;/q-2;+1;. The molecule has 0 unspecified atom stereocenters. The van der Waals surface area contributed by atoms with Gasteiger partial charge in [0.25, 0.3) is 0 Å². The van der Waals surface area contributed by atoms with Gasteiger partial charge in [-0.05, 0) is 5.69 Å². The number of nitrogens with zero attached hydrogens (tertiary/aromatic N) is 3. The summed E-state index contributed by atoms with van der Waals surface area (Å²) >= 11 is 0. The molecule has 0 aliphatic heterocycles. The molecule has 0 aliphatic rings. The zero-order chi connectivity index (χ0) is 13.9. The Morgan fingerprint density at radius 1 is 1.00 bits per heavy atom. The van der Waals surface area contributed by atoms with Crippen molar-refractivity contribution in [3.05, 3.63) is 66.0 Å². The van der Waals surface area contributed by atoms with Gasteiger partial charge in [-0.3, -0.25) is 15.0 Å². The largest absolute Gasteiger partial charge is 1.00 e. The van der Waals surface area contributed by atoms with Crippen molar-refractivity contribution in [3.8, 4) is 22.8 Å². The van der Waals surface area contributed by atoms with E-state index in [0.717, 1.165) is 28.2 Å². The maximum Gasteiger partial charge on any atom is 1.00 e. The van der Waals surface area contributed by atoms with Crippen LogP contribution >= 0.6 is 0 Å². The zero-order valence-electron chi connectivity index (χ0n) is 12.8. The number of aromatic nitrogens is 3. The molecule has 3 rings (SSSR count). The van der Waals surface area contributed by atoms with Crippen LogP contribution in [0, 0.1) is 26.0 Å². The first-order valence-electron chi connectivity index (χ1n) is 6.40. The Morgan fingerprint density at radius 2 is 1.73 bits per heavy atom. The van der Waals surface area contributed by atoms with E-state index in [0.29, 0.717) is 5.82 Å². The number of rotatable bonds is 2. The summed E-state index contributed by atoms with van der Waals surface area (Å²) in [6, 6.07) is 18.2. The van der Waals surface area contributed by atoms with E-state index in [1.165, 1.54) is 0 Å². The molecule has 2 heterocycles. The molecular weight excluding hydrogens is 518 g/mol. The average molecular weight is 531 g/mol. The van der Waals surface area contributed by atoms with Gasteiger partial charge < -0.3 is 6.07 Å². The monoisotopic (exact) mass is 531 g/mol. The molecule has 0 saturated carbocycles. The molecule has 0 saturated heterocycles. The normalized spacial score (nSPS) is 9.55. The van der Waals surface area contributed by atoms with Crippen LogP contribution in [0.25, 0.3) is 22.8 Å². The van der Waals surface area contributed by atoms with Crippen LogP contribution < -0.4 is 58.2 Å². The molecule has 105 valence electrons. The topological polar surface area (TPSA) is 38.7 Å². The van der Waals surface area contributed by atoms with Gasteiger partial charge in [0.2, 0.25) is 0 Å². The first kappa shape index (κ1) is 20.0. The van der Waals surface area contributed by atoms with Gasteiger partial charge >= 0.3 is 58.2 Å². The van der Waals surface area contributed by atoms with E-state index >= 15 is 0 Å². The maximum atomic E-state index is 4.62. The van der Waals surface area contributed by atoms with Crippen LogP contribution in [0.15, 0.2) is 42.6 Å². The molecular formula is C17H13N3RbRe-. The number of pyridine rings is 1. The van der Waals surface area contributed by atoms with Crippen molar-refractivity contribution in [2.75, 3.05) is 0 Å². The van der Waals surface area contributed by atoms with E-state index < -0.39 is 0 Å². The zero-order valence-corrected chi connectivity index (χ0v) is 20.4. The molecule has 0 bridgehead atoms. The molecule has 0 fully saturated rings. The Bertz CT molecular complexity index is 748. The summed E-state index contributed by atoms with van der Waals surface area (Å²) in [6.07, 6.45) is 1.63. The molecule has 1 radical (unpaired) electrons. The molecule has 1 aromatic carbocycles. The van der Waals surface area contributed by atoms with Gasteiger partial charge in [0.15, 0.2) is 5.82 Å². The average Bonchev–Trinajstić information content (AvgIpc) is 2.47. The summed E-state index contributed by atoms with van der Waals surface area (Å²) < 4.78 is 0. The third kappa shape index (κ3) is 4.96. The van der Waals surface area contributed by atoms with Crippen molar-refractivity contribution in [2.45, 2.75) is 13.8 Å². The van der Waals surface area contributed by atoms with Crippen molar-refractivity contribution >= 4 is 0 Å². The second kappa shape index (κ2) is 9.27. The summed E-state index contributed by atoms with van der Waals surface area (Å²) in [6.45, 7) is 3.89. The van der Waals surface area contributed by atoms with Crippen LogP contribution in [0.4, 0.5) is 0 Å². The smallest absolute Gasteiger partial charge is 0.430 e. The van der Waals surface area contributed by atoms with Gasteiger partial charge in [-0.15, -0.1) is 30.1 Å². The van der Waals surface area contributed by atoms with E-state index in [4.69, 9.17) is 0 Å². The molecule has 0 N–H and O–H groups in total. The van der Waals surface area contributed by atoms with Crippen LogP contribution in [0.2, 0.25) is 0 Å². The molecule has 2 aromatic heterocycles. The first-order chi connectivity index (χ1) is 9.72. The van der Waals surface area contributed by atoms with E-state index in [1.54, 1.807) is 6.20 Å². The Morgan fingerprint density at radius 3 is 2.41 bits per heavy atom. The van der Waals surface area contributed by atoms with Gasteiger partial charge in [0, 0.05) is 20.4 Å². The number of hydrogen-bond donors (Lipinski definition) is 0. The van der Waals surface area contributed by atoms with Crippen LogP contribution in [0.1, 0.15) is 11.3 Å². The fraction of sp³-hybridized carbons (Fsp3) is 0.118. The predicted octanol–water partition coefficient (Wildman–Crippen LogP) is 0.424. The van der Waals surface area contributed by atoms with Gasteiger partial charge in [0.05, 0.1) is 5.69 Å². The Kier molecular flexibility index (Phi) is 8.41. The molecule has 3 nitrogen and oxygen atoms in total. The molecule has 0 aliphatic carbocycles. The van der Waals surface area contributed by atoms with Crippen LogP contribution in [-0.2, 0) is 20.4 Å². The summed E-state index contributed by atoms with van der Waals surface area (Å²) in [5.41, 5.74) is 4.44. The fourth-order valence-electron chi connectivity index (χ4n) is 1.99. The Balaban J connectivity index is 0.00000121. The van der Waals surface area contributed by atoms with Crippen LogP contribution in [0.5, 0.6) is 0 Å². The summed E-state index contributed by atoms with van der Waals surface area (Å²) in [7, 11) is 0. The molecule has 0 atom stereocenters. The summed E-state index contributed by atoms with van der Waals surface area (Å²) in [5, 5.41) is 0. The fourth-order valence-corrected chi connectivity index (χ4v) is 1.99. The minimum Gasteiger partial charge on any atom is -0.430 e. The molecule has 5 heteroatoms. The quantitative estimate of drug-likeness (QED) is 0.451. The van der Waals surface area contributed by atoms with Crippen molar-refractivity contribution < 1.29 is 78.6 Å². The minimum absolute atomic E-state index is 0. The van der Waals surface area contributed by atoms with Crippen LogP contribution in [0.3, 0.4) is 0 Å². The third-order valence-corrected chi connectivity index (χ3v) is 2.91. The van der Waals surface area contributed by atoms with Gasteiger partial charge in [-0.2, -0.15) is 11.6 Å². The van der Waals surface area contributed by atoms with E-state index in [9.17, 15) is 0 Å². The van der Waals surface area contributed by atoms with E-state index in [-0.39, 0.29) is 78.6 Å². The molecule has 3 aromatic rings. The number of hydrogen-bond acceptors (Lipinski definition) is 3. The van der Waals surface area contributed by atoms with Crippen molar-refractivity contribution in [3.63, 3.8) is 0 Å². The predicted molar refractivity (Wildman–Crippen MR) is 77.8 cm³/mol. The second-order valence-electron chi connectivity index (χ2n) is 4.59. The molecule has 0 spiro atoms. The van der Waals surface area contributed by atoms with E-state index in [1.807, 2.05) is 50.2 Å². The van der Waals surface area contributed by atoms with Gasteiger partial charge in [-0.25, -0.2) is 0 Å². The Labute approximate surface area is 193 Å². The maximum absolute atomic E-state index is 4.62. The van der Waals surface area contributed by atoms with Gasteiger partial charge in [-0.1, -0.05) is 37.6 Å². The second-order valence-corrected chi connectivity index (χ2v) is 4.59. The number of aryl methyl sites for hydroxylation is 2. The SMILES string of the molecule is Cc1[c-]c(-c2ccccc2)nc(-c2nc[c-]c(C)n2)c1.[Rb+].[Re]. The number of benzene rings is 1. The third-order valence-electron chi connectivity index (χ3n) is 2.91. The van der Waals surface area contributed by atoms with E-state index in [2.05, 4.69) is 27.1 Å². The van der Waals surface area contributed by atoms with Gasteiger partial charge in [0.1, 0.15) is 0 Å². The molecule has 22 heavy (non-hydrogen) atoms. The Hall–Kier alpha value is -0.0825. The van der Waals surface area contributed by atoms with Crippen LogP contribution in [-0.4, -0.2) is 15.0 Å².